The average Bonchev–Trinajstić information content (AvgIpc) is 2.61. The number of nitrogens with zero attached hydrogens (tertiary/aromatic N) is 2. The van der Waals surface area contributed by atoms with Crippen LogP contribution in [0.25, 0.3) is 11.0 Å². The summed E-state index contributed by atoms with van der Waals surface area (Å²) in [6.07, 6.45) is 0.702. The van der Waals surface area contributed by atoms with Crippen molar-refractivity contribution < 1.29 is 9.90 Å². The van der Waals surface area contributed by atoms with E-state index < -0.39 is 5.97 Å². The van der Waals surface area contributed by atoms with Crippen LogP contribution < -0.4 is 5.69 Å². The SMILES string of the molecule is Cn1c(=O)n(C)c2cc(C(C)(C)CCC(=O)O)ccc21. The van der Waals surface area contributed by atoms with Crippen molar-refractivity contribution in [2.75, 3.05) is 0 Å². The maximum Gasteiger partial charge on any atom is 0.328 e. The van der Waals surface area contributed by atoms with Crippen molar-refractivity contribution in [3.63, 3.8) is 0 Å². The number of benzene rings is 1. The Morgan fingerprint density at radius 1 is 1.20 bits per heavy atom. The molecule has 5 nitrogen and oxygen atoms in total. The highest BCUT2D eigenvalue weighted by molar-refractivity contribution is 5.77. The predicted octanol–water partition coefficient (Wildman–Crippen LogP) is 2.02. The minimum atomic E-state index is -0.786. The van der Waals surface area contributed by atoms with Crippen molar-refractivity contribution in [3.8, 4) is 0 Å². The van der Waals surface area contributed by atoms with E-state index in [4.69, 9.17) is 5.11 Å². The molecule has 0 saturated carbocycles. The molecule has 0 fully saturated rings. The van der Waals surface area contributed by atoms with Gasteiger partial charge in [0.1, 0.15) is 0 Å². The maximum absolute atomic E-state index is 11.9. The minimum absolute atomic E-state index is 0.0551. The molecular formula is C15H20N2O3. The molecule has 2 rings (SSSR count). The lowest BCUT2D eigenvalue weighted by Gasteiger charge is -2.24. The van der Waals surface area contributed by atoms with Crippen molar-refractivity contribution in [2.45, 2.75) is 32.1 Å². The van der Waals surface area contributed by atoms with Crippen molar-refractivity contribution in [3.05, 3.63) is 34.2 Å². The zero-order valence-corrected chi connectivity index (χ0v) is 12.3. The second kappa shape index (κ2) is 4.81. The third kappa shape index (κ3) is 2.35. The number of aliphatic carboxylic acids is 1. The highest BCUT2D eigenvalue weighted by Gasteiger charge is 2.23. The third-order valence-electron chi connectivity index (χ3n) is 4.02. The van der Waals surface area contributed by atoms with Crippen LogP contribution in [0.2, 0.25) is 0 Å². The van der Waals surface area contributed by atoms with Crippen LogP contribution in [0.15, 0.2) is 23.0 Å². The molecule has 0 amide bonds. The second-order valence-corrected chi connectivity index (χ2v) is 5.88. The lowest BCUT2D eigenvalue weighted by atomic mass is 9.80. The van der Waals surface area contributed by atoms with Gasteiger partial charge in [-0.1, -0.05) is 19.9 Å². The number of fused-ring (bicyclic) bond motifs is 1. The molecule has 0 aliphatic heterocycles. The molecule has 0 aliphatic carbocycles. The summed E-state index contributed by atoms with van der Waals surface area (Å²) in [5, 5.41) is 8.83. The molecule has 0 bridgehead atoms. The fourth-order valence-corrected chi connectivity index (χ4v) is 2.49. The molecule has 0 spiro atoms. The largest absolute Gasteiger partial charge is 0.481 e. The van der Waals surface area contributed by atoms with E-state index in [-0.39, 0.29) is 17.5 Å². The summed E-state index contributed by atoms with van der Waals surface area (Å²) in [5.74, 6) is -0.786. The van der Waals surface area contributed by atoms with E-state index in [1.54, 1.807) is 23.2 Å². The predicted molar refractivity (Wildman–Crippen MR) is 78.1 cm³/mol. The summed E-state index contributed by atoms with van der Waals surface area (Å²) in [6, 6.07) is 5.89. The zero-order valence-electron chi connectivity index (χ0n) is 12.3. The quantitative estimate of drug-likeness (QED) is 0.929. The van der Waals surface area contributed by atoms with Gasteiger partial charge in [-0.25, -0.2) is 4.79 Å². The molecular weight excluding hydrogens is 256 g/mol. The summed E-state index contributed by atoms with van der Waals surface area (Å²) in [7, 11) is 3.50. The molecule has 0 saturated heterocycles. The van der Waals surface area contributed by atoms with Crippen molar-refractivity contribution in [1.82, 2.24) is 9.13 Å². The third-order valence-corrected chi connectivity index (χ3v) is 4.02. The molecule has 108 valence electrons. The summed E-state index contributed by atoms with van der Waals surface area (Å²) >= 11 is 0. The van der Waals surface area contributed by atoms with E-state index >= 15 is 0 Å². The molecule has 5 heteroatoms. The van der Waals surface area contributed by atoms with Gasteiger partial charge in [0.15, 0.2) is 0 Å². The second-order valence-electron chi connectivity index (χ2n) is 5.88. The summed E-state index contributed by atoms with van der Waals surface area (Å²) in [6.45, 7) is 4.05. The maximum atomic E-state index is 11.9. The van der Waals surface area contributed by atoms with Crippen LogP contribution in [0.4, 0.5) is 0 Å². The molecule has 1 heterocycles. The van der Waals surface area contributed by atoms with Crippen LogP contribution in [0.1, 0.15) is 32.3 Å². The van der Waals surface area contributed by atoms with E-state index in [9.17, 15) is 9.59 Å². The fraction of sp³-hybridized carbons (Fsp3) is 0.467. The first-order valence-corrected chi connectivity index (χ1v) is 6.62. The van der Waals surface area contributed by atoms with Crippen molar-refractivity contribution in [1.29, 1.82) is 0 Å². The van der Waals surface area contributed by atoms with Gasteiger partial charge >= 0.3 is 11.7 Å². The number of imidazole rings is 1. The Kier molecular flexibility index (Phi) is 3.46. The molecule has 1 aromatic carbocycles. The zero-order chi connectivity index (χ0) is 15.1. The smallest absolute Gasteiger partial charge is 0.328 e. The molecule has 0 radical (unpaired) electrons. The van der Waals surface area contributed by atoms with Gasteiger partial charge in [-0.05, 0) is 29.5 Å². The first-order valence-electron chi connectivity index (χ1n) is 6.62. The first kappa shape index (κ1) is 14.4. The molecule has 1 aromatic heterocycles. The molecule has 20 heavy (non-hydrogen) atoms. The Morgan fingerprint density at radius 3 is 2.40 bits per heavy atom. The topological polar surface area (TPSA) is 64.2 Å². The van der Waals surface area contributed by atoms with Crippen molar-refractivity contribution in [2.24, 2.45) is 14.1 Å². The average molecular weight is 276 g/mol. The Balaban J connectivity index is 2.48. The number of aromatic nitrogens is 2. The number of carbonyl (C=O) groups is 1. The van der Waals surface area contributed by atoms with E-state index in [2.05, 4.69) is 0 Å². The van der Waals surface area contributed by atoms with Gasteiger partial charge in [0.25, 0.3) is 0 Å². The van der Waals surface area contributed by atoms with E-state index in [0.717, 1.165) is 16.6 Å². The molecule has 1 N–H and O–H groups in total. The minimum Gasteiger partial charge on any atom is -0.481 e. The van der Waals surface area contributed by atoms with Crippen LogP contribution >= 0.6 is 0 Å². The van der Waals surface area contributed by atoms with Crippen LogP contribution in [-0.2, 0) is 24.3 Å². The Labute approximate surface area is 117 Å². The fourth-order valence-electron chi connectivity index (χ4n) is 2.49. The van der Waals surface area contributed by atoms with Gasteiger partial charge < -0.3 is 5.11 Å². The molecule has 2 aromatic rings. The lowest BCUT2D eigenvalue weighted by molar-refractivity contribution is -0.137. The number of rotatable bonds is 4. The van der Waals surface area contributed by atoms with Crippen LogP contribution in [0.3, 0.4) is 0 Å². The van der Waals surface area contributed by atoms with Crippen LogP contribution in [-0.4, -0.2) is 20.2 Å². The number of aryl methyl sites for hydroxylation is 2. The first-order chi connectivity index (χ1) is 9.24. The van der Waals surface area contributed by atoms with Crippen molar-refractivity contribution >= 4 is 17.0 Å². The van der Waals surface area contributed by atoms with Crippen LogP contribution in [0, 0.1) is 0 Å². The van der Waals surface area contributed by atoms with Gasteiger partial charge in [0, 0.05) is 20.5 Å². The Bertz CT molecular complexity index is 723. The molecule has 0 unspecified atom stereocenters. The highest BCUT2D eigenvalue weighted by Crippen LogP contribution is 2.30. The monoisotopic (exact) mass is 276 g/mol. The van der Waals surface area contributed by atoms with E-state index in [1.165, 1.54) is 0 Å². The molecule has 0 atom stereocenters. The lowest BCUT2D eigenvalue weighted by Crippen LogP contribution is -2.19. The summed E-state index contributed by atoms with van der Waals surface area (Å²) in [5.41, 5.74) is 2.51. The summed E-state index contributed by atoms with van der Waals surface area (Å²) in [4.78, 5) is 22.7. The standard InChI is InChI=1S/C15H20N2O3/c1-15(2,8-7-13(18)19)10-5-6-11-12(9-10)17(4)14(20)16(11)3/h5-6,9H,7-8H2,1-4H3,(H,18,19). The van der Waals surface area contributed by atoms with E-state index in [1.807, 2.05) is 32.0 Å². The number of carboxylic acid groups (broad SMARTS) is 1. The molecule has 0 aliphatic rings. The van der Waals surface area contributed by atoms with Gasteiger partial charge in [-0.15, -0.1) is 0 Å². The van der Waals surface area contributed by atoms with Gasteiger partial charge in [-0.3, -0.25) is 13.9 Å². The Hall–Kier alpha value is -2.04. The normalized spacial score (nSPS) is 12.0. The van der Waals surface area contributed by atoms with Gasteiger partial charge in [0.2, 0.25) is 0 Å². The number of hydrogen-bond acceptors (Lipinski definition) is 2. The summed E-state index contributed by atoms with van der Waals surface area (Å²) < 4.78 is 3.23. The highest BCUT2D eigenvalue weighted by atomic mass is 16.4. The number of hydrogen-bond donors (Lipinski definition) is 1. The van der Waals surface area contributed by atoms with Gasteiger partial charge in [-0.2, -0.15) is 0 Å². The van der Waals surface area contributed by atoms with Gasteiger partial charge in [0.05, 0.1) is 11.0 Å². The number of carboxylic acids is 1. The van der Waals surface area contributed by atoms with E-state index in [0.29, 0.717) is 6.42 Å². The van der Waals surface area contributed by atoms with Crippen LogP contribution in [0.5, 0.6) is 0 Å². The Morgan fingerprint density at radius 2 is 1.80 bits per heavy atom.